The Morgan fingerprint density at radius 3 is 2.21 bits per heavy atom. The van der Waals surface area contributed by atoms with Crippen LogP contribution in [-0.2, 0) is 4.74 Å². The van der Waals surface area contributed by atoms with Crippen LogP contribution in [0.25, 0.3) is 0 Å². The molecule has 2 unspecified atom stereocenters. The third-order valence-corrected chi connectivity index (χ3v) is 3.60. The van der Waals surface area contributed by atoms with E-state index in [1.165, 1.54) is 12.8 Å². The first-order chi connectivity index (χ1) is 8.67. The van der Waals surface area contributed by atoms with Crippen molar-refractivity contribution in [3.05, 3.63) is 0 Å². The number of rotatable bonds is 7. The molecule has 0 aliphatic heterocycles. The first kappa shape index (κ1) is 16.8. The summed E-state index contributed by atoms with van der Waals surface area (Å²) in [5.74, 6) is 1.34. The van der Waals surface area contributed by atoms with Gasteiger partial charge in [-0.3, -0.25) is 0 Å². The number of halogens is 3. The number of hydrogen-bond donors (Lipinski definition) is 1. The van der Waals surface area contributed by atoms with Crippen LogP contribution >= 0.6 is 0 Å². The SMILES string of the molecule is CC(C)(C)NCC1CCC1CCCOCC(F)(F)F. The van der Waals surface area contributed by atoms with Crippen LogP contribution in [0.5, 0.6) is 0 Å². The largest absolute Gasteiger partial charge is 0.411 e. The van der Waals surface area contributed by atoms with Crippen molar-refractivity contribution in [1.82, 2.24) is 5.32 Å². The fraction of sp³-hybridized carbons (Fsp3) is 1.00. The van der Waals surface area contributed by atoms with E-state index < -0.39 is 12.8 Å². The zero-order valence-electron chi connectivity index (χ0n) is 12.1. The Morgan fingerprint density at radius 2 is 1.74 bits per heavy atom. The molecule has 0 aromatic carbocycles. The van der Waals surface area contributed by atoms with E-state index in [9.17, 15) is 13.2 Å². The average molecular weight is 281 g/mol. The maximum absolute atomic E-state index is 11.9. The first-order valence-electron chi connectivity index (χ1n) is 7.07. The molecule has 1 rings (SSSR count). The third-order valence-electron chi connectivity index (χ3n) is 3.60. The Labute approximate surface area is 114 Å². The molecular weight excluding hydrogens is 255 g/mol. The van der Waals surface area contributed by atoms with E-state index in [-0.39, 0.29) is 12.1 Å². The summed E-state index contributed by atoms with van der Waals surface area (Å²) >= 11 is 0. The average Bonchev–Trinajstić information content (AvgIpc) is 2.18. The number of ether oxygens (including phenoxy) is 1. The molecule has 19 heavy (non-hydrogen) atoms. The van der Waals surface area contributed by atoms with Gasteiger partial charge in [-0.2, -0.15) is 13.2 Å². The van der Waals surface area contributed by atoms with E-state index in [2.05, 4.69) is 30.8 Å². The summed E-state index contributed by atoms with van der Waals surface area (Å²) in [4.78, 5) is 0. The van der Waals surface area contributed by atoms with Crippen LogP contribution in [0.3, 0.4) is 0 Å². The van der Waals surface area contributed by atoms with Crippen molar-refractivity contribution in [1.29, 1.82) is 0 Å². The van der Waals surface area contributed by atoms with Gasteiger partial charge in [-0.15, -0.1) is 0 Å². The van der Waals surface area contributed by atoms with Gasteiger partial charge in [0.15, 0.2) is 0 Å². The van der Waals surface area contributed by atoms with E-state index in [0.717, 1.165) is 19.4 Å². The summed E-state index contributed by atoms with van der Waals surface area (Å²) in [5.41, 5.74) is 0.135. The van der Waals surface area contributed by atoms with Gasteiger partial charge in [0.1, 0.15) is 6.61 Å². The summed E-state index contributed by atoms with van der Waals surface area (Å²) in [6.07, 6.45) is -0.0519. The highest BCUT2D eigenvalue weighted by atomic mass is 19.4. The second-order valence-corrected chi connectivity index (χ2v) is 6.54. The van der Waals surface area contributed by atoms with Gasteiger partial charge in [0.25, 0.3) is 0 Å². The highest BCUT2D eigenvalue weighted by molar-refractivity contribution is 4.84. The second kappa shape index (κ2) is 6.93. The molecule has 114 valence electrons. The van der Waals surface area contributed by atoms with Crippen LogP contribution in [-0.4, -0.2) is 31.5 Å². The molecule has 0 spiro atoms. The lowest BCUT2D eigenvalue weighted by Gasteiger charge is -2.39. The standard InChI is InChI=1S/C14H26F3NO/c1-13(2,3)18-9-12-7-6-11(12)5-4-8-19-10-14(15,16)17/h11-12,18H,4-10H2,1-3H3. The number of nitrogens with one attached hydrogen (secondary N) is 1. The van der Waals surface area contributed by atoms with Gasteiger partial charge in [-0.1, -0.05) is 0 Å². The fourth-order valence-corrected chi connectivity index (χ4v) is 2.36. The molecular formula is C14H26F3NO. The fourth-order valence-electron chi connectivity index (χ4n) is 2.36. The molecule has 1 aliphatic rings. The van der Waals surface area contributed by atoms with Gasteiger partial charge < -0.3 is 10.1 Å². The van der Waals surface area contributed by atoms with Crippen molar-refractivity contribution >= 4 is 0 Å². The molecule has 0 amide bonds. The quantitative estimate of drug-likeness (QED) is 0.717. The van der Waals surface area contributed by atoms with Crippen molar-refractivity contribution in [3.8, 4) is 0 Å². The second-order valence-electron chi connectivity index (χ2n) is 6.54. The molecule has 0 radical (unpaired) electrons. The summed E-state index contributed by atoms with van der Waals surface area (Å²) in [6.45, 7) is 6.54. The van der Waals surface area contributed by atoms with Crippen LogP contribution in [0.2, 0.25) is 0 Å². The first-order valence-corrected chi connectivity index (χ1v) is 7.07. The molecule has 5 heteroatoms. The van der Waals surface area contributed by atoms with Crippen molar-refractivity contribution < 1.29 is 17.9 Å². The van der Waals surface area contributed by atoms with Crippen LogP contribution < -0.4 is 5.32 Å². The lowest BCUT2D eigenvalue weighted by atomic mass is 9.71. The predicted octanol–water partition coefficient (Wildman–Crippen LogP) is 3.76. The van der Waals surface area contributed by atoms with Crippen molar-refractivity contribution in [3.63, 3.8) is 0 Å². The molecule has 0 aromatic heterocycles. The Bertz CT molecular complexity index is 260. The van der Waals surface area contributed by atoms with Gasteiger partial charge in [0.2, 0.25) is 0 Å². The summed E-state index contributed by atoms with van der Waals surface area (Å²) in [5, 5.41) is 3.50. The monoisotopic (exact) mass is 281 g/mol. The zero-order chi connectivity index (χ0) is 14.5. The Morgan fingerprint density at radius 1 is 1.11 bits per heavy atom. The molecule has 0 aromatic rings. The smallest absolute Gasteiger partial charge is 0.372 e. The summed E-state index contributed by atoms with van der Waals surface area (Å²) in [6, 6.07) is 0. The molecule has 1 fully saturated rings. The van der Waals surface area contributed by atoms with Gasteiger partial charge in [-0.05, 0) is 64.8 Å². The molecule has 0 bridgehead atoms. The maximum atomic E-state index is 11.9. The van der Waals surface area contributed by atoms with E-state index in [1.807, 2.05) is 0 Å². The lowest BCUT2D eigenvalue weighted by Crippen LogP contribution is -2.43. The molecule has 2 nitrogen and oxygen atoms in total. The van der Waals surface area contributed by atoms with Crippen LogP contribution in [0.4, 0.5) is 13.2 Å². The van der Waals surface area contributed by atoms with E-state index in [4.69, 9.17) is 0 Å². The van der Waals surface area contributed by atoms with Gasteiger partial charge in [0, 0.05) is 12.1 Å². The van der Waals surface area contributed by atoms with Gasteiger partial charge in [-0.25, -0.2) is 0 Å². The highest BCUT2D eigenvalue weighted by Gasteiger charge is 2.31. The molecule has 0 saturated heterocycles. The van der Waals surface area contributed by atoms with Crippen molar-refractivity contribution in [2.75, 3.05) is 19.8 Å². The molecule has 1 N–H and O–H groups in total. The number of alkyl halides is 3. The highest BCUT2D eigenvalue weighted by Crippen LogP contribution is 2.37. The van der Waals surface area contributed by atoms with Gasteiger partial charge >= 0.3 is 6.18 Å². The van der Waals surface area contributed by atoms with Crippen molar-refractivity contribution in [2.45, 2.75) is 58.2 Å². The van der Waals surface area contributed by atoms with Crippen LogP contribution in [0, 0.1) is 11.8 Å². The minimum atomic E-state index is -4.20. The predicted molar refractivity (Wildman–Crippen MR) is 70.1 cm³/mol. The minimum absolute atomic E-state index is 0.135. The summed E-state index contributed by atoms with van der Waals surface area (Å²) < 4.78 is 40.2. The van der Waals surface area contributed by atoms with Crippen LogP contribution in [0.15, 0.2) is 0 Å². The van der Waals surface area contributed by atoms with E-state index in [1.54, 1.807) is 0 Å². The van der Waals surface area contributed by atoms with Crippen molar-refractivity contribution in [2.24, 2.45) is 11.8 Å². The molecule has 1 saturated carbocycles. The van der Waals surface area contributed by atoms with Gasteiger partial charge in [0.05, 0.1) is 0 Å². The third kappa shape index (κ3) is 7.78. The summed E-state index contributed by atoms with van der Waals surface area (Å²) in [7, 11) is 0. The Hall–Kier alpha value is -0.290. The Kier molecular flexibility index (Phi) is 6.12. The zero-order valence-corrected chi connectivity index (χ0v) is 12.1. The van der Waals surface area contributed by atoms with Crippen LogP contribution in [0.1, 0.15) is 46.5 Å². The normalized spacial score (nSPS) is 24.3. The molecule has 2 atom stereocenters. The Balaban J connectivity index is 2.04. The molecule has 1 aliphatic carbocycles. The van der Waals surface area contributed by atoms with E-state index >= 15 is 0 Å². The number of hydrogen-bond acceptors (Lipinski definition) is 2. The molecule has 0 heterocycles. The minimum Gasteiger partial charge on any atom is -0.372 e. The lowest BCUT2D eigenvalue weighted by molar-refractivity contribution is -0.174. The van der Waals surface area contributed by atoms with E-state index in [0.29, 0.717) is 11.8 Å². The maximum Gasteiger partial charge on any atom is 0.411 e. The topological polar surface area (TPSA) is 21.3 Å².